The molecule has 0 aromatic heterocycles. The summed E-state index contributed by atoms with van der Waals surface area (Å²) in [5, 5.41) is 0. The van der Waals surface area contributed by atoms with Crippen LogP contribution in [0.2, 0.25) is 0 Å². The van der Waals surface area contributed by atoms with Crippen molar-refractivity contribution in [2.45, 2.75) is 49.0 Å². The molecular weight excluding hydrogens is 395 g/mol. The number of likely N-dealkylation sites (tertiary alicyclic amines) is 1. The molecule has 2 atom stereocenters. The average Bonchev–Trinajstić information content (AvgIpc) is 2.92. The van der Waals surface area contributed by atoms with Crippen LogP contribution in [0.3, 0.4) is 0 Å². The minimum absolute atomic E-state index is 0.116. The summed E-state index contributed by atoms with van der Waals surface area (Å²) in [6.45, 7) is 4.33. The van der Waals surface area contributed by atoms with E-state index in [4.69, 9.17) is 0 Å². The van der Waals surface area contributed by atoms with Crippen molar-refractivity contribution in [3.63, 3.8) is 0 Å². The number of carbonyl (C=O) groups is 1. The lowest BCUT2D eigenvalue weighted by Gasteiger charge is -2.32. The van der Waals surface area contributed by atoms with Crippen LogP contribution in [0, 0.1) is 5.82 Å². The molecule has 0 bridgehead atoms. The van der Waals surface area contributed by atoms with Gasteiger partial charge in [0.05, 0.1) is 5.69 Å². The van der Waals surface area contributed by atoms with Gasteiger partial charge in [0.2, 0.25) is 0 Å². The van der Waals surface area contributed by atoms with E-state index in [2.05, 4.69) is 28.0 Å². The third-order valence-corrected chi connectivity index (χ3v) is 7.99. The first-order valence-electron chi connectivity index (χ1n) is 11.2. The molecule has 0 radical (unpaired) electrons. The van der Waals surface area contributed by atoms with Crippen LogP contribution in [0.5, 0.6) is 0 Å². The molecule has 2 unspecified atom stereocenters. The first-order chi connectivity index (χ1) is 14.7. The lowest BCUT2D eigenvalue weighted by Crippen LogP contribution is -2.43. The zero-order valence-corrected chi connectivity index (χ0v) is 18.2. The van der Waals surface area contributed by atoms with Crippen LogP contribution in [0.4, 0.5) is 10.1 Å². The van der Waals surface area contributed by atoms with Crippen LogP contribution in [-0.4, -0.2) is 48.7 Å². The lowest BCUT2D eigenvalue weighted by atomic mass is 9.91. The van der Waals surface area contributed by atoms with Crippen molar-refractivity contribution in [3.05, 3.63) is 59.4 Å². The number of hydrogen-bond donors (Lipinski definition) is 0. The first kappa shape index (κ1) is 20.1. The number of Topliss-reactive ketones (excluding diaryl/α,β-unsaturated/α-hetero) is 1. The monoisotopic (exact) mass is 424 g/mol. The summed E-state index contributed by atoms with van der Waals surface area (Å²) in [7, 11) is 0. The van der Waals surface area contributed by atoms with Gasteiger partial charge in [-0.15, -0.1) is 11.8 Å². The fourth-order valence-electron chi connectivity index (χ4n) is 5.46. The Morgan fingerprint density at radius 1 is 1.10 bits per heavy atom. The molecule has 5 rings (SSSR count). The second kappa shape index (κ2) is 8.72. The van der Waals surface area contributed by atoms with E-state index in [0.717, 1.165) is 32.6 Å². The van der Waals surface area contributed by atoms with Gasteiger partial charge in [-0.3, -0.25) is 4.79 Å². The SMILES string of the molecule is O=C(CCCN1CCCC2c3cccc4c3N(CCCS4)C2C1)c1ccc(F)cc1. The zero-order valence-electron chi connectivity index (χ0n) is 17.4. The third kappa shape index (κ3) is 3.90. The molecule has 0 amide bonds. The van der Waals surface area contributed by atoms with E-state index in [1.165, 1.54) is 47.7 Å². The molecule has 2 aromatic rings. The predicted molar refractivity (Wildman–Crippen MR) is 121 cm³/mol. The predicted octanol–water partition coefficient (Wildman–Crippen LogP) is 5.35. The normalized spacial score (nSPS) is 23.4. The molecular formula is C25H29FN2OS. The molecule has 3 aliphatic rings. The Balaban J connectivity index is 1.24. The Morgan fingerprint density at radius 3 is 2.83 bits per heavy atom. The van der Waals surface area contributed by atoms with Gasteiger partial charge >= 0.3 is 0 Å². The molecule has 2 aromatic carbocycles. The number of ketones is 1. The Hall–Kier alpha value is -1.85. The van der Waals surface area contributed by atoms with Gasteiger partial charge in [-0.1, -0.05) is 12.1 Å². The Bertz CT molecular complexity index is 916. The molecule has 30 heavy (non-hydrogen) atoms. The maximum absolute atomic E-state index is 13.1. The molecule has 0 saturated carbocycles. The van der Waals surface area contributed by atoms with Crippen molar-refractivity contribution < 1.29 is 9.18 Å². The number of hydrogen-bond acceptors (Lipinski definition) is 4. The smallest absolute Gasteiger partial charge is 0.162 e. The molecule has 1 saturated heterocycles. The van der Waals surface area contributed by atoms with Gasteiger partial charge in [0.15, 0.2) is 5.78 Å². The lowest BCUT2D eigenvalue weighted by molar-refractivity contribution is 0.0974. The third-order valence-electron chi connectivity index (χ3n) is 6.86. The molecule has 0 spiro atoms. The van der Waals surface area contributed by atoms with Gasteiger partial charge in [0.1, 0.15) is 5.82 Å². The van der Waals surface area contributed by atoms with E-state index in [1.807, 2.05) is 11.8 Å². The fourth-order valence-corrected chi connectivity index (χ4v) is 6.50. The minimum atomic E-state index is -0.293. The van der Waals surface area contributed by atoms with Crippen LogP contribution in [-0.2, 0) is 0 Å². The summed E-state index contributed by atoms with van der Waals surface area (Å²) >= 11 is 2.02. The van der Waals surface area contributed by atoms with Crippen molar-refractivity contribution in [1.82, 2.24) is 4.90 Å². The van der Waals surface area contributed by atoms with Crippen LogP contribution in [0.25, 0.3) is 0 Å². The van der Waals surface area contributed by atoms with Gasteiger partial charge in [0, 0.05) is 41.9 Å². The highest BCUT2D eigenvalue weighted by molar-refractivity contribution is 7.99. The van der Waals surface area contributed by atoms with Gasteiger partial charge in [-0.2, -0.15) is 0 Å². The van der Waals surface area contributed by atoms with Crippen LogP contribution in [0.15, 0.2) is 47.4 Å². The van der Waals surface area contributed by atoms with Crippen molar-refractivity contribution in [2.24, 2.45) is 0 Å². The number of carbonyl (C=O) groups excluding carboxylic acids is 1. The molecule has 5 heteroatoms. The van der Waals surface area contributed by atoms with E-state index in [1.54, 1.807) is 17.7 Å². The summed E-state index contributed by atoms with van der Waals surface area (Å²) in [5.41, 5.74) is 3.71. The quantitative estimate of drug-likeness (QED) is 0.604. The largest absolute Gasteiger partial charge is 0.365 e. The van der Waals surface area contributed by atoms with Crippen LogP contribution >= 0.6 is 11.8 Å². The topological polar surface area (TPSA) is 23.6 Å². The number of fused-ring (bicyclic) bond motifs is 3. The Labute approximate surface area is 182 Å². The summed E-state index contributed by atoms with van der Waals surface area (Å²) < 4.78 is 13.1. The van der Waals surface area contributed by atoms with Gasteiger partial charge in [-0.25, -0.2) is 4.39 Å². The van der Waals surface area contributed by atoms with Crippen molar-refractivity contribution in [2.75, 3.05) is 36.8 Å². The first-order valence-corrected chi connectivity index (χ1v) is 12.2. The fraction of sp³-hybridized carbons (Fsp3) is 0.480. The van der Waals surface area contributed by atoms with Crippen LogP contribution < -0.4 is 4.90 Å². The minimum Gasteiger partial charge on any atom is -0.365 e. The highest BCUT2D eigenvalue weighted by Gasteiger charge is 2.41. The highest BCUT2D eigenvalue weighted by atomic mass is 32.2. The molecule has 3 nitrogen and oxygen atoms in total. The van der Waals surface area contributed by atoms with Gasteiger partial charge in [-0.05, 0) is 80.4 Å². The number of nitrogens with zero attached hydrogens (tertiary/aromatic N) is 2. The second-order valence-electron chi connectivity index (χ2n) is 8.74. The van der Waals surface area contributed by atoms with Gasteiger partial charge in [0.25, 0.3) is 0 Å². The number of anilines is 1. The molecule has 158 valence electrons. The number of thioether (sulfide) groups is 1. The van der Waals surface area contributed by atoms with E-state index >= 15 is 0 Å². The zero-order chi connectivity index (χ0) is 20.5. The van der Waals surface area contributed by atoms with Crippen molar-refractivity contribution >= 4 is 23.2 Å². The summed E-state index contributed by atoms with van der Waals surface area (Å²) in [5.74, 6) is 1.67. The summed E-state index contributed by atoms with van der Waals surface area (Å²) in [6.07, 6.45) is 5.11. The molecule has 3 heterocycles. The van der Waals surface area contributed by atoms with Gasteiger partial charge < -0.3 is 9.80 Å². The van der Waals surface area contributed by atoms with Crippen molar-refractivity contribution in [3.8, 4) is 0 Å². The van der Waals surface area contributed by atoms with E-state index in [0.29, 0.717) is 23.9 Å². The van der Waals surface area contributed by atoms with Crippen LogP contribution in [0.1, 0.15) is 53.9 Å². The van der Waals surface area contributed by atoms with E-state index < -0.39 is 0 Å². The average molecular weight is 425 g/mol. The van der Waals surface area contributed by atoms with E-state index in [-0.39, 0.29) is 11.6 Å². The molecule has 3 aliphatic heterocycles. The Kier molecular flexibility index (Phi) is 5.83. The maximum Gasteiger partial charge on any atom is 0.162 e. The highest BCUT2D eigenvalue weighted by Crippen LogP contribution is 2.50. The Morgan fingerprint density at radius 2 is 1.97 bits per heavy atom. The number of para-hydroxylation sites is 1. The summed E-state index contributed by atoms with van der Waals surface area (Å²) in [4.78, 5) is 19.2. The second-order valence-corrected chi connectivity index (χ2v) is 9.88. The summed E-state index contributed by atoms with van der Waals surface area (Å²) in [6, 6.07) is 13.4. The molecule has 0 N–H and O–H groups in total. The standard InChI is InChI=1S/C25H29FN2OS/c26-19-11-9-18(10-12-19)23(29)7-3-14-27-13-2-6-20-21-5-1-8-24-25(21)28(22(20)17-27)15-4-16-30-24/h1,5,8-12,20,22H,2-4,6-7,13-17H2. The molecule has 0 aliphatic carbocycles. The van der Waals surface area contributed by atoms with E-state index in [9.17, 15) is 9.18 Å². The van der Waals surface area contributed by atoms with Crippen molar-refractivity contribution in [1.29, 1.82) is 0 Å². The number of benzene rings is 2. The number of rotatable bonds is 5. The number of halogens is 1. The maximum atomic E-state index is 13.1. The molecule has 1 fully saturated rings.